The van der Waals surface area contributed by atoms with E-state index in [-0.39, 0.29) is 12.2 Å². The molecule has 0 bridgehead atoms. The molecule has 7 heteroatoms. The summed E-state index contributed by atoms with van der Waals surface area (Å²) >= 11 is 3.21. The molecule has 0 saturated heterocycles. The number of carbonyl (C=O) groups is 1. The van der Waals surface area contributed by atoms with Gasteiger partial charge in [-0.15, -0.1) is 0 Å². The van der Waals surface area contributed by atoms with Crippen molar-refractivity contribution in [2.24, 2.45) is 0 Å². The maximum absolute atomic E-state index is 12.0. The molecule has 0 atom stereocenters. The maximum Gasteiger partial charge on any atom is 0.345 e. The number of hydrogen-bond acceptors (Lipinski definition) is 4. The van der Waals surface area contributed by atoms with Crippen LogP contribution in [0.15, 0.2) is 33.8 Å². The molecule has 0 fully saturated rings. The van der Waals surface area contributed by atoms with E-state index >= 15 is 0 Å². The lowest BCUT2D eigenvalue weighted by Crippen LogP contribution is -2.22. The molecule has 6 nitrogen and oxygen atoms in total. The summed E-state index contributed by atoms with van der Waals surface area (Å²) in [6.45, 7) is 1.90. The van der Waals surface area contributed by atoms with Crippen LogP contribution in [0, 0.1) is 0 Å². The van der Waals surface area contributed by atoms with Crippen molar-refractivity contribution in [2.45, 2.75) is 6.92 Å². The van der Waals surface area contributed by atoms with Crippen molar-refractivity contribution in [2.75, 3.05) is 6.61 Å². The fourth-order valence-electron chi connectivity index (χ4n) is 1.42. The Morgan fingerprint density at radius 1 is 1.56 bits per heavy atom. The number of H-pyrrole nitrogens is 1. The summed E-state index contributed by atoms with van der Waals surface area (Å²) in [6.07, 6.45) is 1.31. The highest BCUT2D eigenvalue weighted by Gasteiger charge is 2.16. The molecular weight excluding hydrogens is 302 g/mol. The van der Waals surface area contributed by atoms with E-state index < -0.39 is 11.5 Å². The second-order valence-electron chi connectivity index (χ2n) is 3.37. The van der Waals surface area contributed by atoms with Crippen molar-refractivity contribution < 1.29 is 9.53 Å². The molecule has 18 heavy (non-hydrogen) atoms. The molecule has 0 spiro atoms. The van der Waals surface area contributed by atoms with Gasteiger partial charge >= 0.3 is 5.97 Å². The zero-order valence-electron chi connectivity index (χ0n) is 9.51. The number of hydrogen-bond donors (Lipinski definition) is 1. The normalized spacial score (nSPS) is 10.3. The summed E-state index contributed by atoms with van der Waals surface area (Å²) in [5.41, 5.74) is -0.530. The Balaban J connectivity index is 2.43. The van der Waals surface area contributed by atoms with Gasteiger partial charge in [-0.05, 0) is 35.0 Å². The average molecular weight is 312 g/mol. The molecule has 94 valence electrons. The summed E-state index contributed by atoms with van der Waals surface area (Å²) in [6, 6.07) is 5.13. The third-order valence-electron chi connectivity index (χ3n) is 2.20. The van der Waals surface area contributed by atoms with Gasteiger partial charge in [-0.1, -0.05) is 6.07 Å². The minimum atomic E-state index is -0.646. The van der Waals surface area contributed by atoms with E-state index in [0.29, 0.717) is 10.4 Å². The third kappa shape index (κ3) is 2.35. The smallest absolute Gasteiger partial charge is 0.345 e. The van der Waals surface area contributed by atoms with Gasteiger partial charge in [-0.3, -0.25) is 9.89 Å². The van der Waals surface area contributed by atoms with Gasteiger partial charge in [0.2, 0.25) is 0 Å². The first-order chi connectivity index (χ1) is 8.63. The molecule has 2 rings (SSSR count). The fourth-order valence-corrected chi connectivity index (χ4v) is 1.75. The van der Waals surface area contributed by atoms with E-state index in [4.69, 9.17) is 4.74 Å². The molecule has 2 heterocycles. The zero-order chi connectivity index (χ0) is 13.1. The SMILES string of the molecule is CCOC(=O)c1c[nH]n(-c2cccc(Br)n2)c1=O. The molecule has 2 aromatic heterocycles. The van der Waals surface area contributed by atoms with Gasteiger partial charge in [0.25, 0.3) is 5.56 Å². The Hall–Kier alpha value is -1.89. The minimum absolute atomic E-state index is 0.0429. The summed E-state index contributed by atoms with van der Waals surface area (Å²) < 4.78 is 6.55. The van der Waals surface area contributed by atoms with Crippen LogP contribution in [0.1, 0.15) is 17.3 Å². The Morgan fingerprint density at radius 3 is 3.00 bits per heavy atom. The number of halogens is 1. The first-order valence-corrected chi connectivity index (χ1v) is 6.03. The quantitative estimate of drug-likeness (QED) is 0.688. The standard InChI is InChI=1S/C11H10BrN3O3/c1-2-18-11(17)7-6-13-15(10(7)16)9-5-3-4-8(12)14-9/h3-6,13H,2H2,1H3. The number of aromatic nitrogens is 3. The molecule has 0 radical (unpaired) electrons. The molecule has 0 unspecified atom stereocenters. The fraction of sp³-hybridized carbons (Fsp3) is 0.182. The van der Waals surface area contributed by atoms with E-state index in [1.807, 2.05) is 0 Å². The van der Waals surface area contributed by atoms with Gasteiger partial charge < -0.3 is 4.74 Å². The van der Waals surface area contributed by atoms with E-state index in [9.17, 15) is 9.59 Å². The van der Waals surface area contributed by atoms with Gasteiger partial charge in [0.1, 0.15) is 10.2 Å². The molecular formula is C11H10BrN3O3. The number of nitrogens with zero attached hydrogens (tertiary/aromatic N) is 2. The van der Waals surface area contributed by atoms with Crippen molar-refractivity contribution in [1.82, 2.24) is 14.8 Å². The summed E-state index contributed by atoms with van der Waals surface area (Å²) in [4.78, 5) is 27.6. The first-order valence-electron chi connectivity index (χ1n) is 5.24. The van der Waals surface area contributed by atoms with Gasteiger partial charge in [0.05, 0.1) is 6.61 Å². The van der Waals surface area contributed by atoms with Crippen molar-refractivity contribution in [3.05, 3.63) is 44.9 Å². The molecule has 0 amide bonds. The predicted molar refractivity (Wildman–Crippen MR) is 67.8 cm³/mol. The van der Waals surface area contributed by atoms with E-state index in [1.54, 1.807) is 25.1 Å². The van der Waals surface area contributed by atoms with Gasteiger partial charge in [0, 0.05) is 6.20 Å². The summed E-state index contributed by atoms with van der Waals surface area (Å²) in [5, 5.41) is 2.68. The highest BCUT2D eigenvalue weighted by Crippen LogP contribution is 2.08. The van der Waals surface area contributed by atoms with Crippen LogP contribution in [-0.2, 0) is 4.74 Å². The van der Waals surface area contributed by atoms with E-state index in [2.05, 4.69) is 26.0 Å². The van der Waals surface area contributed by atoms with Crippen molar-refractivity contribution >= 4 is 21.9 Å². The number of ether oxygens (including phenoxy) is 1. The molecule has 0 aliphatic carbocycles. The highest BCUT2D eigenvalue weighted by atomic mass is 79.9. The number of nitrogens with one attached hydrogen (secondary N) is 1. The highest BCUT2D eigenvalue weighted by molar-refractivity contribution is 9.10. The van der Waals surface area contributed by atoms with Crippen LogP contribution in [0.2, 0.25) is 0 Å². The number of aromatic amines is 1. The Morgan fingerprint density at radius 2 is 2.33 bits per heavy atom. The molecule has 0 aliphatic rings. The Labute approximate surface area is 111 Å². The predicted octanol–water partition coefficient (Wildman–Crippen LogP) is 1.50. The van der Waals surface area contributed by atoms with E-state index in [1.165, 1.54) is 10.9 Å². The summed E-state index contributed by atoms with van der Waals surface area (Å²) in [7, 11) is 0. The van der Waals surface area contributed by atoms with Gasteiger partial charge in [-0.25, -0.2) is 14.5 Å². The third-order valence-corrected chi connectivity index (χ3v) is 2.64. The second-order valence-corrected chi connectivity index (χ2v) is 4.18. The number of rotatable bonds is 3. The average Bonchev–Trinajstić information content (AvgIpc) is 2.71. The van der Waals surface area contributed by atoms with Crippen LogP contribution in [-0.4, -0.2) is 27.3 Å². The monoisotopic (exact) mass is 311 g/mol. The lowest BCUT2D eigenvalue weighted by atomic mass is 10.3. The maximum atomic E-state index is 12.0. The largest absolute Gasteiger partial charge is 0.462 e. The van der Waals surface area contributed by atoms with Crippen molar-refractivity contribution in [1.29, 1.82) is 0 Å². The lowest BCUT2D eigenvalue weighted by molar-refractivity contribution is 0.0525. The Bertz CT molecular complexity index is 632. The molecule has 1 N–H and O–H groups in total. The van der Waals surface area contributed by atoms with Crippen molar-refractivity contribution in [3.63, 3.8) is 0 Å². The topological polar surface area (TPSA) is 77.0 Å². The first kappa shape index (κ1) is 12.6. The van der Waals surface area contributed by atoms with Crippen molar-refractivity contribution in [3.8, 4) is 5.82 Å². The minimum Gasteiger partial charge on any atom is -0.462 e. The zero-order valence-corrected chi connectivity index (χ0v) is 11.1. The lowest BCUT2D eigenvalue weighted by Gasteiger charge is -2.00. The van der Waals surface area contributed by atoms with Crippen LogP contribution in [0.4, 0.5) is 0 Å². The van der Waals surface area contributed by atoms with Crippen LogP contribution in [0.25, 0.3) is 5.82 Å². The van der Waals surface area contributed by atoms with Crippen LogP contribution in [0.3, 0.4) is 0 Å². The summed E-state index contributed by atoms with van der Waals surface area (Å²) in [5.74, 6) is -0.252. The Kier molecular flexibility index (Phi) is 3.61. The molecule has 0 saturated carbocycles. The van der Waals surface area contributed by atoms with Crippen LogP contribution >= 0.6 is 15.9 Å². The molecule has 2 aromatic rings. The number of pyridine rings is 1. The van der Waals surface area contributed by atoms with Crippen LogP contribution < -0.4 is 5.56 Å². The van der Waals surface area contributed by atoms with Gasteiger partial charge in [0.15, 0.2) is 5.82 Å². The second kappa shape index (κ2) is 5.18. The number of carbonyl (C=O) groups excluding carboxylic acids is 1. The molecule has 0 aromatic carbocycles. The van der Waals surface area contributed by atoms with E-state index in [0.717, 1.165) is 0 Å². The van der Waals surface area contributed by atoms with Crippen LogP contribution in [0.5, 0.6) is 0 Å². The number of esters is 1. The van der Waals surface area contributed by atoms with Gasteiger partial charge in [-0.2, -0.15) is 0 Å². The molecule has 0 aliphatic heterocycles.